The number of hydrogen-bond acceptors (Lipinski definition) is 4. The molecule has 1 N–H and O–H groups in total. The van der Waals surface area contributed by atoms with Crippen LogP contribution in [0, 0.1) is 6.92 Å². The average molecular weight is 411 g/mol. The van der Waals surface area contributed by atoms with Gasteiger partial charge in [-0.1, -0.05) is 18.2 Å². The van der Waals surface area contributed by atoms with E-state index in [0.717, 1.165) is 0 Å². The zero-order valence-electron chi connectivity index (χ0n) is 9.68. The first kappa shape index (κ1) is 14.7. The molecule has 0 bridgehead atoms. The van der Waals surface area contributed by atoms with Gasteiger partial charge in [0, 0.05) is 0 Å². The molecule has 2 rings (SSSR count). The van der Waals surface area contributed by atoms with Crippen LogP contribution in [0.1, 0.15) is 5.56 Å². The Morgan fingerprint density at radius 3 is 2.42 bits per heavy atom. The summed E-state index contributed by atoms with van der Waals surface area (Å²) in [6.07, 6.45) is -1.05. The number of aryl methyl sites for hydroxylation is 1. The quantitative estimate of drug-likeness (QED) is 0.775. The van der Waals surface area contributed by atoms with Gasteiger partial charge in [-0.2, -0.15) is 4.72 Å². The lowest BCUT2D eigenvalue weighted by Gasteiger charge is -2.14. The number of esters is 1. The van der Waals surface area contributed by atoms with Crippen LogP contribution in [0.4, 0.5) is 0 Å². The summed E-state index contributed by atoms with van der Waals surface area (Å²) >= 11 is 6.13. The van der Waals surface area contributed by atoms with Crippen LogP contribution < -0.4 is 4.72 Å². The highest BCUT2D eigenvalue weighted by Gasteiger charge is 2.34. The van der Waals surface area contributed by atoms with Crippen molar-refractivity contribution in [2.24, 2.45) is 0 Å². The van der Waals surface area contributed by atoms with Crippen molar-refractivity contribution in [1.82, 2.24) is 4.72 Å². The first-order valence-corrected chi connectivity index (χ1v) is 8.24. The highest BCUT2D eigenvalue weighted by atomic mass is 79.9. The number of ether oxygens (including phenoxy) is 1. The van der Waals surface area contributed by atoms with Gasteiger partial charge in [-0.05, 0) is 50.4 Å². The molecule has 0 aromatic heterocycles. The fourth-order valence-corrected chi connectivity index (χ4v) is 3.71. The molecule has 0 spiro atoms. The molecule has 0 fully saturated rings. The van der Waals surface area contributed by atoms with E-state index in [9.17, 15) is 13.2 Å². The van der Waals surface area contributed by atoms with Gasteiger partial charge in [0.15, 0.2) is 0 Å². The van der Waals surface area contributed by atoms with E-state index in [-0.39, 0.29) is 9.38 Å². The van der Waals surface area contributed by atoms with Crippen LogP contribution >= 0.6 is 31.9 Å². The monoisotopic (exact) mass is 409 g/mol. The van der Waals surface area contributed by atoms with Crippen LogP contribution in [-0.2, 0) is 19.6 Å². The number of nitrogens with one attached hydrogen (secondary N) is 1. The molecule has 5 nitrogen and oxygen atoms in total. The van der Waals surface area contributed by atoms with Crippen molar-refractivity contribution < 1.29 is 17.9 Å². The maximum absolute atomic E-state index is 12.2. The van der Waals surface area contributed by atoms with Crippen LogP contribution in [0.5, 0.6) is 0 Å². The van der Waals surface area contributed by atoms with E-state index in [1.54, 1.807) is 25.1 Å². The molecule has 1 aromatic carbocycles. The van der Waals surface area contributed by atoms with Crippen LogP contribution in [0.2, 0.25) is 0 Å². The second kappa shape index (κ2) is 5.35. The summed E-state index contributed by atoms with van der Waals surface area (Å²) in [6, 6.07) is 6.55. The standard InChI is InChI=1S/C11H9Br2NO4S/c1-6-4-2-3-5-7(6)19(16,17)14-10-8(12)9(13)11(15)18-10/h2-5,10,14H,1H3. The lowest BCUT2D eigenvalue weighted by Crippen LogP contribution is -2.35. The minimum Gasteiger partial charge on any atom is -0.437 e. The predicted octanol–water partition coefficient (Wildman–Crippen LogP) is 2.16. The fourth-order valence-electron chi connectivity index (χ4n) is 1.56. The number of carbonyl (C=O) groups is 1. The minimum absolute atomic E-state index is 0.148. The Balaban J connectivity index is 2.30. The van der Waals surface area contributed by atoms with E-state index in [4.69, 9.17) is 4.74 Å². The van der Waals surface area contributed by atoms with E-state index in [0.29, 0.717) is 10.0 Å². The number of benzene rings is 1. The van der Waals surface area contributed by atoms with E-state index < -0.39 is 22.2 Å². The van der Waals surface area contributed by atoms with Gasteiger partial charge in [-0.3, -0.25) is 0 Å². The topological polar surface area (TPSA) is 72.5 Å². The molecule has 1 heterocycles. The van der Waals surface area contributed by atoms with E-state index in [2.05, 4.69) is 36.6 Å². The van der Waals surface area contributed by atoms with Gasteiger partial charge in [-0.25, -0.2) is 13.2 Å². The molecule has 8 heteroatoms. The SMILES string of the molecule is Cc1ccccc1S(=O)(=O)NC1OC(=O)C(Br)=C1Br. The Kier molecular flexibility index (Phi) is 4.14. The summed E-state index contributed by atoms with van der Waals surface area (Å²) in [5.74, 6) is -0.621. The summed E-state index contributed by atoms with van der Waals surface area (Å²) in [4.78, 5) is 11.4. The van der Waals surface area contributed by atoms with Gasteiger partial charge >= 0.3 is 5.97 Å². The molecule has 102 valence electrons. The maximum atomic E-state index is 12.2. The van der Waals surface area contributed by atoms with Crippen molar-refractivity contribution in [3.8, 4) is 0 Å². The summed E-state index contributed by atoms with van der Waals surface area (Å²) in [7, 11) is -3.77. The van der Waals surface area contributed by atoms with Crippen LogP contribution in [-0.4, -0.2) is 20.6 Å². The Morgan fingerprint density at radius 1 is 1.26 bits per heavy atom. The normalized spacial score (nSPS) is 19.7. The number of hydrogen-bond donors (Lipinski definition) is 1. The Morgan fingerprint density at radius 2 is 1.89 bits per heavy atom. The molecule has 1 atom stereocenters. The van der Waals surface area contributed by atoms with Crippen LogP contribution in [0.25, 0.3) is 0 Å². The molecule has 0 saturated carbocycles. The number of cyclic esters (lactones) is 1. The molecule has 0 amide bonds. The molecule has 1 aliphatic rings. The zero-order valence-corrected chi connectivity index (χ0v) is 13.7. The van der Waals surface area contributed by atoms with E-state index in [1.165, 1.54) is 6.07 Å². The number of rotatable bonds is 3. The second-order valence-corrected chi connectivity index (χ2v) is 7.16. The molecule has 1 aromatic rings. The second-order valence-electron chi connectivity index (χ2n) is 3.83. The first-order valence-electron chi connectivity index (χ1n) is 5.17. The summed E-state index contributed by atoms with van der Waals surface area (Å²) in [5.41, 5.74) is 0.610. The highest BCUT2D eigenvalue weighted by Crippen LogP contribution is 2.31. The summed E-state index contributed by atoms with van der Waals surface area (Å²) < 4.78 is 32.1. The first-order chi connectivity index (χ1) is 8.83. The lowest BCUT2D eigenvalue weighted by molar-refractivity contribution is -0.139. The van der Waals surface area contributed by atoms with Crippen molar-refractivity contribution in [3.63, 3.8) is 0 Å². The Labute approximate surface area is 127 Å². The minimum atomic E-state index is -3.77. The van der Waals surface area contributed by atoms with E-state index >= 15 is 0 Å². The van der Waals surface area contributed by atoms with Crippen molar-refractivity contribution in [3.05, 3.63) is 38.8 Å². The smallest absolute Gasteiger partial charge is 0.348 e. The number of carbonyl (C=O) groups excluding carboxylic acids is 1. The molecule has 0 saturated heterocycles. The Bertz CT molecular complexity index is 669. The molecule has 1 aliphatic heterocycles. The van der Waals surface area contributed by atoms with Gasteiger partial charge in [0.25, 0.3) is 0 Å². The van der Waals surface area contributed by atoms with Crippen LogP contribution in [0.3, 0.4) is 0 Å². The Hall–Kier alpha value is -0.700. The average Bonchev–Trinajstić information content (AvgIpc) is 2.57. The van der Waals surface area contributed by atoms with Gasteiger partial charge in [0.1, 0.15) is 4.48 Å². The summed E-state index contributed by atoms with van der Waals surface area (Å²) in [5, 5.41) is 0. The summed E-state index contributed by atoms with van der Waals surface area (Å²) in [6.45, 7) is 1.69. The molecule has 19 heavy (non-hydrogen) atoms. The lowest BCUT2D eigenvalue weighted by atomic mass is 10.2. The third kappa shape index (κ3) is 2.91. The predicted molar refractivity (Wildman–Crippen MR) is 76.3 cm³/mol. The van der Waals surface area contributed by atoms with E-state index in [1.807, 2.05) is 0 Å². The molecular weight excluding hydrogens is 402 g/mol. The molecule has 1 unspecified atom stereocenters. The zero-order chi connectivity index (χ0) is 14.2. The van der Waals surface area contributed by atoms with Gasteiger partial charge < -0.3 is 4.74 Å². The molecular formula is C11H9Br2NO4S. The third-order valence-electron chi connectivity index (χ3n) is 2.49. The third-order valence-corrected chi connectivity index (χ3v) is 6.15. The fraction of sp³-hybridized carbons (Fsp3) is 0.182. The number of halogens is 2. The van der Waals surface area contributed by atoms with Crippen LogP contribution in [0.15, 0.2) is 38.1 Å². The van der Waals surface area contributed by atoms with Crippen molar-refractivity contribution in [2.75, 3.05) is 0 Å². The van der Waals surface area contributed by atoms with Crippen molar-refractivity contribution >= 4 is 47.9 Å². The largest absolute Gasteiger partial charge is 0.437 e. The molecule has 0 radical (unpaired) electrons. The molecule has 0 aliphatic carbocycles. The highest BCUT2D eigenvalue weighted by molar-refractivity contribution is 9.14. The van der Waals surface area contributed by atoms with Gasteiger partial charge in [-0.15, -0.1) is 0 Å². The van der Waals surface area contributed by atoms with Gasteiger partial charge in [0.05, 0.1) is 9.38 Å². The van der Waals surface area contributed by atoms with Gasteiger partial charge in [0.2, 0.25) is 16.3 Å². The number of sulfonamides is 1. The van der Waals surface area contributed by atoms with Crippen molar-refractivity contribution in [2.45, 2.75) is 18.0 Å². The van der Waals surface area contributed by atoms with Crippen molar-refractivity contribution in [1.29, 1.82) is 0 Å². The maximum Gasteiger partial charge on any atom is 0.348 e.